The highest BCUT2D eigenvalue weighted by atomic mass is 79.9. The van der Waals surface area contributed by atoms with Crippen molar-refractivity contribution in [2.24, 2.45) is 5.73 Å². The van der Waals surface area contributed by atoms with Crippen LogP contribution in [0.5, 0.6) is 0 Å². The standard InChI is InChI=1S/C13H16BrN3S/c1-9(15)10-3-4-13(16-6-10)17(2)7-12-5-11(14)8-18-12/h3-6,8-9H,7,15H2,1-2H3. The summed E-state index contributed by atoms with van der Waals surface area (Å²) < 4.78 is 1.14. The first-order valence-corrected chi connectivity index (χ1v) is 7.39. The molecule has 2 heterocycles. The molecule has 0 aliphatic carbocycles. The fraction of sp³-hybridized carbons (Fsp3) is 0.308. The Kier molecular flexibility index (Phi) is 4.37. The second-order valence-electron chi connectivity index (χ2n) is 4.33. The van der Waals surface area contributed by atoms with Crippen LogP contribution in [0.4, 0.5) is 5.82 Å². The van der Waals surface area contributed by atoms with E-state index in [9.17, 15) is 0 Å². The Hall–Kier alpha value is -0.910. The predicted molar refractivity (Wildman–Crippen MR) is 81.0 cm³/mol. The van der Waals surface area contributed by atoms with Gasteiger partial charge in [0.15, 0.2) is 0 Å². The highest BCUT2D eigenvalue weighted by molar-refractivity contribution is 9.10. The van der Waals surface area contributed by atoms with Crippen molar-refractivity contribution >= 4 is 33.1 Å². The van der Waals surface area contributed by atoms with Gasteiger partial charge in [-0.2, -0.15) is 0 Å². The molecule has 0 aliphatic heterocycles. The second-order valence-corrected chi connectivity index (χ2v) is 6.24. The van der Waals surface area contributed by atoms with Crippen LogP contribution in [0.2, 0.25) is 0 Å². The van der Waals surface area contributed by atoms with Gasteiger partial charge in [-0.05, 0) is 40.5 Å². The summed E-state index contributed by atoms with van der Waals surface area (Å²) in [4.78, 5) is 7.88. The number of aromatic nitrogens is 1. The number of nitrogens with two attached hydrogens (primary N) is 1. The highest BCUT2D eigenvalue weighted by Gasteiger charge is 2.06. The maximum atomic E-state index is 5.81. The van der Waals surface area contributed by atoms with E-state index in [-0.39, 0.29) is 6.04 Å². The smallest absolute Gasteiger partial charge is 0.128 e. The Morgan fingerprint density at radius 1 is 1.50 bits per heavy atom. The number of halogens is 1. The molecule has 0 aromatic carbocycles. The van der Waals surface area contributed by atoms with Crippen LogP contribution >= 0.6 is 27.3 Å². The Morgan fingerprint density at radius 2 is 2.28 bits per heavy atom. The maximum Gasteiger partial charge on any atom is 0.128 e. The van der Waals surface area contributed by atoms with Gasteiger partial charge < -0.3 is 10.6 Å². The zero-order valence-electron chi connectivity index (χ0n) is 10.4. The van der Waals surface area contributed by atoms with Crippen LogP contribution in [0.1, 0.15) is 23.4 Å². The molecule has 0 saturated carbocycles. The molecule has 2 aromatic rings. The molecule has 0 bridgehead atoms. The van der Waals surface area contributed by atoms with Crippen LogP contribution in [0.3, 0.4) is 0 Å². The average Bonchev–Trinajstić information content (AvgIpc) is 2.75. The first-order chi connectivity index (χ1) is 8.56. The molecule has 0 spiro atoms. The average molecular weight is 326 g/mol. The molecular weight excluding hydrogens is 310 g/mol. The predicted octanol–water partition coefficient (Wildman–Crippen LogP) is 3.56. The van der Waals surface area contributed by atoms with Crippen LogP contribution in [-0.4, -0.2) is 12.0 Å². The lowest BCUT2D eigenvalue weighted by atomic mass is 10.1. The Labute approximate surface area is 120 Å². The van der Waals surface area contributed by atoms with Gasteiger partial charge in [0.25, 0.3) is 0 Å². The molecular formula is C13H16BrN3S. The third kappa shape index (κ3) is 3.31. The molecule has 0 fully saturated rings. The lowest BCUT2D eigenvalue weighted by Crippen LogP contribution is -2.17. The first-order valence-electron chi connectivity index (χ1n) is 5.72. The molecule has 2 aromatic heterocycles. The molecule has 5 heteroatoms. The summed E-state index contributed by atoms with van der Waals surface area (Å²) in [6.07, 6.45) is 1.85. The Bertz CT molecular complexity index is 507. The molecule has 18 heavy (non-hydrogen) atoms. The summed E-state index contributed by atoms with van der Waals surface area (Å²) in [5.41, 5.74) is 6.87. The van der Waals surface area contributed by atoms with Crippen LogP contribution in [-0.2, 0) is 6.54 Å². The van der Waals surface area contributed by atoms with Gasteiger partial charge in [0, 0.05) is 34.0 Å². The SMILES string of the molecule is CC(N)c1ccc(N(C)Cc2cc(Br)cs2)nc1. The minimum absolute atomic E-state index is 0.0325. The van der Waals surface area contributed by atoms with E-state index in [1.165, 1.54) is 4.88 Å². The van der Waals surface area contributed by atoms with Crippen LogP contribution < -0.4 is 10.6 Å². The Balaban J connectivity index is 2.06. The highest BCUT2D eigenvalue weighted by Crippen LogP contribution is 2.22. The normalized spacial score (nSPS) is 12.4. The molecule has 3 nitrogen and oxygen atoms in total. The van der Waals surface area contributed by atoms with Gasteiger partial charge in [-0.25, -0.2) is 4.98 Å². The summed E-state index contributed by atoms with van der Waals surface area (Å²) in [6, 6.07) is 6.22. The van der Waals surface area contributed by atoms with E-state index in [4.69, 9.17) is 5.73 Å². The van der Waals surface area contributed by atoms with Crippen molar-refractivity contribution in [2.45, 2.75) is 19.5 Å². The second kappa shape index (κ2) is 5.82. The van der Waals surface area contributed by atoms with E-state index in [0.717, 1.165) is 22.4 Å². The van der Waals surface area contributed by atoms with Gasteiger partial charge in [0.2, 0.25) is 0 Å². The summed E-state index contributed by atoms with van der Waals surface area (Å²) >= 11 is 5.21. The molecule has 0 amide bonds. The number of hydrogen-bond donors (Lipinski definition) is 1. The van der Waals surface area contributed by atoms with Gasteiger partial charge >= 0.3 is 0 Å². The zero-order chi connectivity index (χ0) is 13.1. The summed E-state index contributed by atoms with van der Waals surface area (Å²) in [7, 11) is 2.04. The topological polar surface area (TPSA) is 42.1 Å². The minimum atomic E-state index is 0.0325. The van der Waals surface area contributed by atoms with Gasteiger partial charge in [-0.3, -0.25) is 0 Å². The molecule has 2 rings (SSSR count). The molecule has 0 saturated heterocycles. The lowest BCUT2D eigenvalue weighted by molar-refractivity contribution is 0.807. The van der Waals surface area contributed by atoms with E-state index in [2.05, 4.69) is 37.3 Å². The molecule has 0 aliphatic rings. The van der Waals surface area contributed by atoms with Crippen molar-refractivity contribution in [3.05, 3.63) is 44.7 Å². The number of pyridine rings is 1. The third-order valence-corrected chi connectivity index (χ3v) is 4.38. The van der Waals surface area contributed by atoms with Gasteiger partial charge in [0.05, 0.1) is 6.54 Å². The van der Waals surface area contributed by atoms with Gasteiger partial charge in [0.1, 0.15) is 5.82 Å². The van der Waals surface area contributed by atoms with E-state index in [0.29, 0.717) is 0 Å². The van der Waals surface area contributed by atoms with Gasteiger partial charge in [-0.15, -0.1) is 11.3 Å². The number of thiophene rings is 1. The van der Waals surface area contributed by atoms with Crippen molar-refractivity contribution in [1.82, 2.24) is 4.98 Å². The van der Waals surface area contributed by atoms with Gasteiger partial charge in [-0.1, -0.05) is 6.07 Å². The molecule has 0 radical (unpaired) electrons. The van der Waals surface area contributed by atoms with Crippen LogP contribution in [0.25, 0.3) is 0 Å². The monoisotopic (exact) mass is 325 g/mol. The van der Waals surface area contributed by atoms with E-state index in [1.807, 2.05) is 32.3 Å². The zero-order valence-corrected chi connectivity index (χ0v) is 12.8. The molecule has 2 N–H and O–H groups in total. The summed E-state index contributed by atoms with van der Waals surface area (Å²) in [6.45, 7) is 2.82. The first kappa shape index (κ1) is 13.5. The van der Waals surface area contributed by atoms with E-state index in [1.54, 1.807) is 11.3 Å². The fourth-order valence-electron chi connectivity index (χ4n) is 1.64. The van der Waals surface area contributed by atoms with Crippen LogP contribution in [0.15, 0.2) is 34.2 Å². The largest absolute Gasteiger partial charge is 0.355 e. The van der Waals surface area contributed by atoms with Crippen LogP contribution in [0, 0.1) is 0 Å². The van der Waals surface area contributed by atoms with Crippen molar-refractivity contribution in [1.29, 1.82) is 0 Å². The number of hydrogen-bond acceptors (Lipinski definition) is 4. The number of anilines is 1. The van der Waals surface area contributed by atoms with Crippen molar-refractivity contribution in [3.8, 4) is 0 Å². The number of nitrogens with zero attached hydrogens (tertiary/aromatic N) is 2. The minimum Gasteiger partial charge on any atom is -0.355 e. The van der Waals surface area contributed by atoms with Crippen molar-refractivity contribution < 1.29 is 0 Å². The number of rotatable bonds is 4. The Morgan fingerprint density at radius 3 is 2.78 bits per heavy atom. The molecule has 96 valence electrons. The quantitative estimate of drug-likeness (QED) is 0.934. The molecule has 1 unspecified atom stereocenters. The summed E-state index contributed by atoms with van der Waals surface area (Å²) in [5.74, 6) is 0.962. The lowest BCUT2D eigenvalue weighted by Gasteiger charge is -2.17. The van der Waals surface area contributed by atoms with Crippen molar-refractivity contribution in [2.75, 3.05) is 11.9 Å². The van der Waals surface area contributed by atoms with Crippen molar-refractivity contribution in [3.63, 3.8) is 0 Å². The fourth-order valence-corrected chi connectivity index (χ4v) is 3.15. The third-order valence-electron chi connectivity index (χ3n) is 2.70. The molecule has 1 atom stereocenters. The summed E-state index contributed by atoms with van der Waals surface area (Å²) in [5, 5.41) is 2.09. The van der Waals surface area contributed by atoms with E-state index >= 15 is 0 Å². The maximum absolute atomic E-state index is 5.81. The van der Waals surface area contributed by atoms with E-state index < -0.39 is 0 Å².